The van der Waals surface area contributed by atoms with Crippen molar-refractivity contribution in [2.24, 2.45) is 29.6 Å². The Morgan fingerprint density at radius 1 is 0.804 bits per heavy atom. The Morgan fingerprint density at radius 2 is 1.20 bits per heavy atom. The Balaban J connectivity index is 0.000000732. The molecule has 248 valence electrons. The van der Waals surface area contributed by atoms with Gasteiger partial charge in [-0.2, -0.15) is 0 Å². The average molecular weight is 703 g/mol. The van der Waals surface area contributed by atoms with Crippen molar-refractivity contribution < 1.29 is 139 Å². The molecule has 4 N–H and O–H groups in total. The molecule has 2 aliphatic carbocycles. The summed E-state index contributed by atoms with van der Waals surface area (Å²) in [5.74, 6) is 2.39. The van der Waals surface area contributed by atoms with Gasteiger partial charge < -0.3 is 31.3 Å². The van der Waals surface area contributed by atoms with E-state index in [-0.39, 0.29) is 152 Å². The molecule has 2 aliphatic heterocycles. The second-order valence-electron chi connectivity index (χ2n) is 12.0. The number of carbonyl (C=O) groups excluding carboxylic acids is 1. The van der Waals surface area contributed by atoms with Gasteiger partial charge in [0, 0.05) is 30.6 Å². The zero-order chi connectivity index (χ0) is 32.9. The molecule has 0 spiro atoms. The van der Waals surface area contributed by atoms with Gasteiger partial charge in [0.2, 0.25) is 0 Å². The number of fused-ring (bicyclic) bond motifs is 2. The Bertz CT molecular complexity index is 1380. The van der Waals surface area contributed by atoms with E-state index >= 15 is 0 Å². The van der Waals surface area contributed by atoms with E-state index in [0.29, 0.717) is 41.2 Å². The molecule has 15 nitrogen and oxygen atoms in total. The van der Waals surface area contributed by atoms with Crippen LogP contribution in [0.1, 0.15) is 71.5 Å². The topological polar surface area (TPSA) is 218 Å². The third-order valence-electron chi connectivity index (χ3n) is 9.13. The van der Waals surface area contributed by atoms with Crippen LogP contribution in [-0.2, 0) is 19.2 Å². The molecule has 1 unspecified atom stereocenters. The molecule has 0 aromatic carbocycles. The summed E-state index contributed by atoms with van der Waals surface area (Å²) in [5, 5.41) is 25.4. The van der Waals surface area contributed by atoms with Gasteiger partial charge in [-0.05, 0) is 69.1 Å². The molecule has 4 heterocycles. The van der Waals surface area contributed by atoms with Crippen molar-refractivity contribution in [3.05, 3.63) is 65.2 Å². The summed E-state index contributed by atoms with van der Waals surface area (Å²) in [6.07, 6.45) is 5.63. The number of carbonyl (C=O) groups is 1. The van der Waals surface area contributed by atoms with Crippen LogP contribution in [0, 0.1) is 43.4 Å². The van der Waals surface area contributed by atoms with Gasteiger partial charge in [0.25, 0.3) is 17.6 Å². The first-order valence-electron chi connectivity index (χ1n) is 14.7. The van der Waals surface area contributed by atoms with Crippen LogP contribution < -0.4 is 131 Å². The van der Waals surface area contributed by atoms with E-state index in [0.717, 1.165) is 20.0 Å². The number of aryl methyl sites for hydroxylation is 2. The second kappa shape index (κ2) is 19.9. The summed E-state index contributed by atoms with van der Waals surface area (Å²) in [6, 6.07) is 0. The molecule has 4 aliphatic rings. The number of H-pyrrole nitrogens is 2. The smallest absolute Gasteiger partial charge is 1.00 e. The molecule has 0 radical (unpaired) electrons. The first-order valence-corrected chi connectivity index (χ1v) is 14.7. The van der Waals surface area contributed by atoms with Crippen molar-refractivity contribution in [1.29, 1.82) is 0 Å². The number of aromatic amines is 2. The van der Waals surface area contributed by atoms with E-state index in [1.165, 1.54) is 21.8 Å². The number of hydrogen-bond acceptors (Lipinski definition) is 11. The second-order valence-corrected chi connectivity index (χ2v) is 12.0. The maximum absolute atomic E-state index is 11.9. The minimum atomic E-state index is -0.456. The van der Waals surface area contributed by atoms with Crippen LogP contribution in [0.5, 0.6) is 0 Å². The van der Waals surface area contributed by atoms with Crippen molar-refractivity contribution in [2.75, 3.05) is 7.11 Å². The minimum absolute atomic E-state index is 0. The molecule has 2 saturated carbocycles. The zero-order valence-corrected chi connectivity index (χ0v) is 34.0. The van der Waals surface area contributed by atoms with Gasteiger partial charge in [-0.25, -0.2) is 9.59 Å². The zero-order valence-electron chi connectivity index (χ0n) is 28.8. The summed E-state index contributed by atoms with van der Waals surface area (Å²) in [7, 11) is 1.00. The SMILES string of the molecule is CO.Cc1cn(C2C[C@@H]3[C@H](O2)[C@H](C)C[C@H]3C)c(=O)[nH]c1=O.Cc1cn([C@@H]2C[C@@H]3[C@H](O2)[C@H](O)C[C@H]3C)c(=O)[nH]c1=O.O=CO[O-].[H-].[K+].[K+]. The van der Waals surface area contributed by atoms with Crippen molar-refractivity contribution in [2.45, 2.75) is 91.1 Å². The van der Waals surface area contributed by atoms with E-state index in [1.807, 2.05) is 0 Å². The van der Waals surface area contributed by atoms with Crippen LogP contribution in [0.3, 0.4) is 0 Å². The number of ether oxygens (including phenoxy) is 2. The third kappa shape index (κ3) is 10.2. The molecular weight excluding hydrogens is 659 g/mol. The summed E-state index contributed by atoms with van der Waals surface area (Å²) >= 11 is 0. The van der Waals surface area contributed by atoms with Crippen LogP contribution in [0.15, 0.2) is 31.6 Å². The van der Waals surface area contributed by atoms with Gasteiger partial charge in [-0.15, -0.1) is 0 Å². The number of hydrogen-bond donors (Lipinski definition) is 4. The van der Waals surface area contributed by atoms with Crippen LogP contribution in [0.2, 0.25) is 0 Å². The van der Waals surface area contributed by atoms with Crippen molar-refractivity contribution >= 4 is 6.47 Å². The molecule has 4 fully saturated rings. The predicted molar refractivity (Wildman–Crippen MR) is 155 cm³/mol. The van der Waals surface area contributed by atoms with Gasteiger partial charge in [0.15, 0.2) is 0 Å². The van der Waals surface area contributed by atoms with Gasteiger partial charge >= 0.3 is 114 Å². The fraction of sp³-hybridized carbons (Fsp3) is 0.690. The predicted octanol–water partition coefficient (Wildman–Crippen LogP) is -6.26. The molecule has 2 aromatic rings. The third-order valence-corrected chi connectivity index (χ3v) is 9.13. The maximum atomic E-state index is 11.9. The first kappa shape index (κ1) is 43.9. The summed E-state index contributed by atoms with van der Waals surface area (Å²) in [4.78, 5) is 62.3. The number of rotatable bonds is 3. The monoisotopic (exact) mass is 702 g/mol. The minimum Gasteiger partial charge on any atom is -1.00 e. The van der Waals surface area contributed by atoms with Crippen LogP contribution >= 0.6 is 0 Å². The Kier molecular flexibility index (Phi) is 19.0. The van der Waals surface area contributed by atoms with E-state index in [2.05, 4.69) is 35.6 Å². The standard InChI is InChI=1S/C14H20N2O3.C13H18N2O4.CH2O3.CH4O.2K.H/c1-7-4-8(2)12-10(7)5-11(19-12)16-6-9(3)13(17)15-14(16)18;1-6-3-9(16)11-8(6)4-10(19-11)15-5-7(2)12(17)14-13(15)18;2-1-4-3;1-2;;;/h6-8,10-12H,4-5H2,1-3H3,(H,15,17,18);5-6,8-11,16H,3-4H2,1-2H3,(H,14,17,18);1,3H;2H,1H3;;;/q;;;;2*+1;-1/p-1/t7-,8-,10+,11?,12-;6-,8+,9-,10+,11+;;;;;/m11...../s1. The molecule has 0 bridgehead atoms. The van der Waals surface area contributed by atoms with Gasteiger partial charge in [-0.3, -0.25) is 33.5 Å². The summed E-state index contributed by atoms with van der Waals surface area (Å²) in [5.41, 5.74) is -0.493. The number of aromatic nitrogens is 4. The van der Waals surface area contributed by atoms with Crippen LogP contribution in [0.25, 0.3) is 0 Å². The van der Waals surface area contributed by atoms with E-state index in [9.17, 15) is 24.3 Å². The number of nitrogens with zero attached hydrogens (tertiary/aromatic N) is 2. The van der Waals surface area contributed by atoms with Gasteiger partial charge in [-0.1, -0.05) is 20.8 Å². The molecule has 46 heavy (non-hydrogen) atoms. The van der Waals surface area contributed by atoms with Crippen molar-refractivity contribution in [3.8, 4) is 0 Å². The Morgan fingerprint density at radius 3 is 1.59 bits per heavy atom. The summed E-state index contributed by atoms with van der Waals surface area (Å²) < 4.78 is 14.9. The van der Waals surface area contributed by atoms with Crippen molar-refractivity contribution in [1.82, 2.24) is 19.1 Å². The van der Waals surface area contributed by atoms with Crippen LogP contribution in [-0.4, -0.2) is 61.2 Å². The van der Waals surface area contributed by atoms with Gasteiger partial charge in [0.1, 0.15) is 12.5 Å². The average Bonchev–Trinajstić information content (AvgIpc) is 3.74. The Hall–Kier alpha value is -0.0973. The van der Waals surface area contributed by atoms with E-state index < -0.39 is 18.0 Å². The number of aliphatic hydroxyl groups excluding tert-OH is 2. The normalized spacial score (nSPS) is 31.6. The molecule has 10 atom stereocenters. The molecular formula is C29H44K2N4O11. The summed E-state index contributed by atoms with van der Waals surface area (Å²) in [6.45, 7) is 9.75. The van der Waals surface area contributed by atoms with E-state index in [1.54, 1.807) is 20.0 Å². The van der Waals surface area contributed by atoms with E-state index in [4.69, 9.17) is 24.6 Å². The largest absolute Gasteiger partial charge is 1.00 e. The number of aliphatic hydroxyl groups is 2. The Labute approximate surface area is 352 Å². The molecule has 0 amide bonds. The quantitative estimate of drug-likeness (QED) is 0.102. The van der Waals surface area contributed by atoms with Crippen molar-refractivity contribution in [3.63, 3.8) is 0 Å². The maximum Gasteiger partial charge on any atom is 1.00 e. The van der Waals surface area contributed by atoms with Crippen LogP contribution in [0.4, 0.5) is 0 Å². The molecule has 2 aromatic heterocycles. The molecule has 17 heteroatoms. The fourth-order valence-electron chi connectivity index (χ4n) is 7.00. The first-order chi connectivity index (χ1) is 20.9. The molecule has 2 saturated heterocycles. The number of nitrogens with one attached hydrogen (secondary N) is 2. The molecule has 6 rings (SSSR count). The van der Waals surface area contributed by atoms with Gasteiger partial charge in [0.05, 0.1) is 18.3 Å². The fourth-order valence-corrected chi connectivity index (χ4v) is 7.00.